The summed E-state index contributed by atoms with van der Waals surface area (Å²) in [6.07, 6.45) is 80.1. The van der Waals surface area contributed by atoms with Crippen molar-refractivity contribution in [2.75, 3.05) is 13.2 Å². The van der Waals surface area contributed by atoms with Crippen molar-refractivity contribution in [1.29, 1.82) is 0 Å². The van der Waals surface area contributed by atoms with E-state index in [4.69, 9.17) is 9.47 Å². The van der Waals surface area contributed by atoms with E-state index in [1.54, 1.807) is 0 Å². The molecule has 1 aliphatic rings. The third-order valence-corrected chi connectivity index (χ3v) is 17.1. The van der Waals surface area contributed by atoms with Crippen molar-refractivity contribution >= 4 is 5.91 Å². The first-order valence-electron chi connectivity index (χ1n) is 36.0. The maximum atomic E-state index is 13.2. The largest absolute Gasteiger partial charge is 0.394 e. The molecule has 6 N–H and O–H groups in total. The van der Waals surface area contributed by atoms with E-state index < -0.39 is 49.5 Å². The van der Waals surface area contributed by atoms with Crippen molar-refractivity contribution in [3.8, 4) is 0 Å². The van der Waals surface area contributed by atoms with Gasteiger partial charge in [-0.15, -0.1) is 0 Å². The van der Waals surface area contributed by atoms with E-state index in [-0.39, 0.29) is 12.5 Å². The van der Waals surface area contributed by atoms with Crippen LogP contribution < -0.4 is 5.32 Å². The van der Waals surface area contributed by atoms with Gasteiger partial charge in [-0.1, -0.05) is 344 Å². The first-order chi connectivity index (χ1) is 40.8. The molecule has 1 heterocycles. The molecular formula is C74H137NO8. The average molecular weight is 1170 g/mol. The number of hydrogen-bond acceptors (Lipinski definition) is 8. The minimum absolute atomic E-state index is 0.136. The van der Waals surface area contributed by atoms with Crippen LogP contribution in [0.25, 0.3) is 0 Å². The molecule has 1 aliphatic heterocycles. The normalized spacial score (nSPS) is 18.6. The fraction of sp³-hybridized carbons (Fsp3) is 0.851. The molecule has 9 nitrogen and oxygen atoms in total. The average Bonchev–Trinajstić information content (AvgIpc) is 3.61. The summed E-state index contributed by atoms with van der Waals surface area (Å²) in [4.78, 5) is 13.2. The van der Waals surface area contributed by atoms with E-state index in [1.165, 1.54) is 250 Å². The maximum Gasteiger partial charge on any atom is 0.220 e. The molecule has 0 saturated carbocycles. The lowest BCUT2D eigenvalue weighted by Crippen LogP contribution is -2.60. The Morgan fingerprint density at radius 3 is 1.11 bits per heavy atom. The second-order valence-corrected chi connectivity index (χ2v) is 25.0. The van der Waals surface area contributed by atoms with Crippen LogP contribution >= 0.6 is 0 Å². The summed E-state index contributed by atoms with van der Waals surface area (Å²) in [5.74, 6) is -0.139. The molecule has 0 aromatic carbocycles. The van der Waals surface area contributed by atoms with Crippen LogP contribution in [0.3, 0.4) is 0 Å². The van der Waals surface area contributed by atoms with E-state index in [2.05, 4.69) is 79.9 Å². The van der Waals surface area contributed by atoms with Crippen molar-refractivity contribution in [2.24, 2.45) is 0 Å². The lowest BCUT2D eigenvalue weighted by Gasteiger charge is -2.40. The first-order valence-corrected chi connectivity index (χ1v) is 36.0. The van der Waals surface area contributed by atoms with Gasteiger partial charge >= 0.3 is 0 Å². The number of carbonyl (C=O) groups is 1. The van der Waals surface area contributed by atoms with Gasteiger partial charge in [-0.05, 0) is 57.8 Å². The number of aliphatic hydroxyl groups excluding tert-OH is 5. The number of aliphatic hydroxyl groups is 5. The second kappa shape index (κ2) is 62.9. The summed E-state index contributed by atoms with van der Waals surface area (Å²) in [6, 6.07) is -0.722. The summed E-state index contributed by atoms with van der Waals surface area (Å²) in [5.41, 5.74) is 0. The van der Waals surface area contributed by atoms with E-state index in [9.17, 15) is 30.3 Å². The highest BCUT2D eigenvalue weighted by Gasteiger charge is 2.44. The molecule has 0 bridgehead atoms. The van der Waals surface area contributed by atoms with E-state index in [0.717, 1.165) is 70.6 Å². The van der Waals surface area contributed by atoms with Gasteiger partial charge in [-0.2, -0.15) is 0 Å². The number of allylic oxidation sites excluding steroid dienone is 10. The molecular weight excluding hydrogens is 1030 g/mol. The zero-order valence-corrected chi connectivity index (χ0v) is 54.5. The molecule has 83 heavy (non-hydrogen) atoms. The van der Waals surface area contributed by atoms with Crippen LogP contribution in [0.5, 0.6) is 0 Å². The smallest absolute Gasteiger partial charge is 0.220 e. The summed E-state index contributed by atoms with van der Waals surface area (Å²) < 4.78 is 11.4. The zero-order chi connectivity index (χ0) is 60.0. The third kappa shape index (κ3) is 51.6. The SMILES string of the molecule is CC/C=C\C/C=C\C/C=C\C/C=C\C/C=C\CCCCCCCCCCCCCCCCCCCC(=O)NC(COC1OC(CO)C(O)C(O)C1O)C(O)CCCCCCCCCCCCCCCCCCCCCCCCCCCCC. The van der Waals surface area contributed by atoms with Gasteiger partial charge in [0, 0.05) is 6.42 Å². The van der Waals surface area contributed by atoms with Crippen LogP contribution in [0.1, 0.15) is 348 Å². The highest BCUT2D eigenvalue weighted by molar-refractivity contribution is 5.76. The van der Waals surface area contributed by atoms with Crippen LogP contribution in [-0.2, 0) is 14.3 Å². The number of amides is 1. The minimum Gasteiger partial charge on any atom is -0.394 e. The quantitative estimate of drug-likeness (QED) is 0.0261. The van der Waals surface area contributed by atoms with Gasteiger partial charge in [-0.3, -0.25) is 4.79 Å². The van der Waals surface area contributed by atoms with Gasteiger partial charge < -0.3 is 40.3 Å². The van der Waals surface area contributed by atoms with Crippen molar-refractivity contribution < 1.29 is 39.8 Å². The second-order valence-electron chi connectivity index (χ2n) is 25.0. The van der Waals surface area contributed by atoms with Crippen LogP contribution in [-0.4, -0.2) is 87.5 Å². The summed E-state index contributed by atoms with van der Waals surface area (Å²) in [5, 5.41) is 55.0. The Balaban J connectivity index is 2.10. The van der Waals surface area contributed by atoms with Gasteiger partial charge in [0.2, 0.25) is 5.91 Å². The minimum atomic E-state index is -1.56. The Morgan fingerprint density at radius 2 is 0.747 bits per heavy atom. The fourth-order valence-electron chi connectivity index (χ4n) is 11.5. The van der Waals surface area contributed by atoms with Crippen molar-refractivity contribution in [1.82, 2.24) is 5.32 Å². The van der Waals surface area contributed by atoms with Gasteiger partial charge in [-0.25, -0.2) is 0 Å². The Labute approximate surface area is 513 Å². The zero-order valence-electron chi connectivity index (χ0n) is 54.5. The summed E-state index contributed by atoms with van der Waals surface area (Å²) in [6.45, 7) is 3.77. The van der Waals surface area contributed by atoms with Crippen molar-refractivity contribution in [2.45, 2.75) is 391 Å². The van der Waals surface area contributed by atoms with Gasteiger partial charge in [0.25, 0.3) is 0 Å². The fourth-order valence-corrected chi connectivity index (χ4v) is 11.5. The van der Waals surface area contributed by atoms with E-state index >= 15 is 0 Å². The highest BCUT2D eigenvalue weighted by Crippen LogP contribution is 2.24. The maximum absolute atomic E-state index is 13.2. The Hall–Kier alpha value is -2.11. The number of unbranched alkanes of at least 4 members (excludes halogenated alkanes) is 43. The third-order valence-electron chi connectivity index (χ3n) is 17.1. The molecule has 9 heteroatoms. The number of ether oxygens (including phenoxy) is 2. The lowest BCUT2D eigenvalue weighted by molar-refractivity contribution is -0.302. The predicted molar refractivity (Wildman–Crippen MR) is 355 cm³/mol. The molecule has 0 spiro atoms. The van der Waals surface area contributed by atoms with E-state index in [0.29, 0.717) is 12.8 Å². The topological polar surface area (TPSA) is 149 Å². The standard InChI is InChI=1S/C74H137NO8/c1-3-5-7-9-11-13-15-17-19-21-23-25-27-29-31-32-33-34-35-36-38-40-42-44-46-48-50-52-54-56-58-60-62-64-70(78)75-67(66-82-74-73(81)72(80)71(79)69(65-76)83-74)68(77)63-61-59-57-55-53-51-49-47-45-43-41-39-37-30-28-26-24-22-20-18-16-14-12-10-8-6-4-2/h5,7,11,13,17,19,23,25,29,31,67-69,71-74,76-77,79-81H,3-4,6,8-10,12,14-16,18,20-22,24,26-28,30,32-66H2,1-2H3,(H,75,78)/b7-5-,13-11-,19-17-,25-23-,31-29-. The lowest BCUT2D eigenvalue weighted by atomic mass is 9.99. The Kier molecular flexibility index (Phi) is 59.8. The molecule has 7 atom stereocenters. The molecule has 0 aliphatic carbocycles. The molecule has 0 aromatic rings. The van der Waals surface area contributed by atoms with E-state index in [1.807, 2.05) is 0 Å². The number of rotatable bonds is 63. The monoisotopic (exact) mass is 1170 g/mol. The first kappa shape index (κ1) is 78.9. The molecule has 486 valence electrons. The molecule has 1 rings (SSSR count). The molecule has 7 unspecified atom stereocenters. The molecule has 0 radical (unpaired) electrons. The summed E-state index contributed by atoms with van der Waals surface area (Å²) >= 11 is 0. The number of nitrogens with one attached hydrogen (secondary N) is 1. The molecule has 1 fully saturated rings. The number of hydrogen-bond donors (Lipinski definition) is 6. The summed E-state index contributed by atoms with van der Waals surface area (Å²) in [7, 11) is 0. The van der Waals surface area contributed by atoms with Gasteiger partial charge in [0.15, 0.2) is 6.29 Å². The van der Waals surface area contributed by atoms with Crippen LogP contribution in [0.4, 0.5) is 0 Å². The van der Waals surface area contributed by atoms with Crippen LogP contribution in [0.2, 0.25) is 0 Å². The molecule has 1 amide bonds. The van der Waals surface area contributed by atoms with Crippen LogP contribution in [0.15, 0.2) is 60.8 Å². The Bertz CT molecular complexity index is 1500. The Morgan fingerprint density at radius 1 is 0.422 bits per heavy atom. The number of carbonyl (C=O) groups excluding carboxylic acids is 1. The highest BCUT2D eigenvalue weighted by atomic mass is 16.7. The molecule has 0 aromatic heterocycles. The predicted octanol–water partition coefficient (Wildman–Crippen LogP) is 19.8. The molecule has 1 saturated heterocycles. The van der Waals surface area contributed by atoms with Crippen molar-refractivity contribution in [3.63, 3.8) is 0 Å². The van der Waals surface area contributed by atoms with Gasteiger partial charge in [0.05, 0.1) is 25.4 Å². The van der Waals surface area contributed by atoms with Crippen LogP contribution in [0, 0.1) is 0 Å². The van der Waals surface area contributed by atoms with Crippen molar-refractivity contribution in [3.05, 3.63) is 60.8 Å². The van der Waals surface area contributed by atoms with Gasteiger partial charge in [0.1, 0.15) is 24.4 Å².